The number of hydrogen-bond acceptors (Lipinski definition) is 3. The average molecular weight is 574 g/mol. The van der Waals surface area contributed by atoms with Crippen molar-refractivity contribution in [1.82, 2.24) is 0 Å². The van der Waals surface area contributed by atoms with Crippen LogP contribution >= 0.6 is 51.2 Å². The molecule has 0 aromatic heterocycles. The van der Waals surface area contributed by atoms with Crippen LogP contribution in [0.4, 0.5) is 8.78 Å². The molecule has 28 heavy (non-hydrogen) atoms. The normalized spacial score (nSPS) is 12.9. The third-order valence-electron chi connectivity index (χ3n) is 3.14. The first kappa shape index (κ1) is 29.3. The van der Waals surface area contributed by atoms with Gasteiger partial charge in [0.05, 0.1) is 4.47 Å². The van der Waals surface area contributed by atoms with Crippen molar-refractivity contribution in [2.24, 2.45) is 0 Å². The number of halogens is 4. The van der Waals surface area contributed by atoms with E-state index in [9.17, 15) is 13.3 Å². The zero-order valence-electron chi connectivity index (χ0n) is 15.3. The maximum absolute atomic E-state index is 12.4. The standard InChI is InChI=1S/C17H15Br2F2O3PS.2Na/c18-14-6-3-12(4-7-14)2-1-9-26-11-13-5-8-16(15(19)10-13)24-25(22,23)17(20)21;;/h1-8,10,17H,9,11H2,(H,22,23);;. The first-order chi connectivity index (χ1) is 12.3. The second kappa shape index (κ2) is 14.4. The maximum atomic E-state index is 12.4. The van der Waals surface area contributed by atoms with Crippen molar-refractivity contribution in [3.05, 3.63) is 68.6 Å². The summed E-state index contributed by atoms with van der Waals surface area (Å²) in [5.41, 5.74) is 2.06. The number of hydrogen-bond donors (Lipinski definition) is 1. The van der Waals surface area contributed by atoms with E-state index in [1.807, 2.05) is 30.3 Å². The molecular formula is C17H15Br2F2Na2O3PS. The van der Waals surface area contributed by atoms with Crippen LogP contribution in [0.2, 0.25) is 0 Å². The topological polar surface area (TPSA) is 46.5 Å². The fraction of sp³-hybridized carbons (Fsp3) is 0.176. The minimum Gasteiger partial charge on any atom is -0.420 e. The molecule has 0 aliphatic rings. The molecule has 0 aliphatic carbocycles. The molecule has 142 valence electrons. The van der Waals surface area contributed by atoms with E-state index >= 15 is 0 Å². The van der Waals surface area contributed by atoms with E-state index in [1.54, 1.807) is 23.9 Å². The third-order valence-corrected chi connectivity index (χ3v) is 6.20. The van der Waals surface area contributed by atoms with Crippen LogP contribution in [0.15, 0.2) is 57.5 Å². The Kier molecular flexibility index (Phi) is 15.1. The molecule has 3 nitrogen and oxygen atoms in total. The molecule has 0 bridgehead atoms. The van der Waals surface area contributed by atoms with Crippen LogP contribution in [-0.2, 0) is 10.3 Å². The zero-order chi connectivity index (χ0) is 19.2. The largest absolute Gasteiger partial charge is 0.442 e. The van der Waals surface area contributed by atoms with Crippen LogP contribution < -0.4 is 4.52 Å². The van der Waals surface area contributed by atoms with E-state index in [-0.39, 0.29) is 64.9 Å². The summed E-state index contributed by atoms with van der Waals surface area (Å²) in [5, 5.41) is 0. The summed E-state index contributed by atoms with van der Waals surface area (Å²) >= 11 is 8.25. The molecule has 2 aromatic rings. The SMILES string of the molecule is O=P(O)(Oc1ccc(CSCC=Cc2ccc(Br)cc2)cc1Br)C(F)F.[Na].[Na]. The number of benzene rings is 2. The molecule has 11 heteroatoms. The monoisotopic (exact) mass is 572 g/mol. The van der Waals surface area contributed by atoms with Gasteiger partial charge in [-0.25, -0.2) is 4.57 Å². The molecule has 2 rings (SSSR count). The predicted molar refractivity (Wildman–Crippen MR) is 121 cm³/mol. The van der Waals surface area contributed by atoms with Gasteiger partial charge in [-0.1, -0.05) is 46.3 Å². The Hall–Kier alpha value is 1.34. The summed E-state index contributed by atoms with van der Waals surface area (Å²) < 4.78 is 42.0. The molecule has 2 radical (unpaired) electrons. The minimum atomic E-state index is -4.97. The maximum Gasteiger partial charge on any atom is 0.442 e. The first-order valence-electron chi connectivity index (χ1n) is 7.36. The van der Waals surface area contributed by atoms with E-state index in [4.69, 9.17) is 4.89 Å². The molecule has 1 unspecified atom stereocenters. The molecule has 2 aromatic carbocycles. The van der Waals surface area contributed by atoms with Gasteiger partial charge < -0.3 is 9.42 Å². The van der Waals surface area contributed by atoms with Gasteiger partial charge in [0.1, 0.15) is 5.75 Å². The molecule has 1 N–H and O–H groups in total. The molecule has 0 heterocycles. The van der Waals surface area contributed by atoms with Gasteiger partial charge in [0.25, 0.3) is 0 Å². The fourth-order valence-corrected chi connectivity index (χ4v) is 4.07. The zero-order valence-corrected chi connectivity index (χ0v) is 24.2. The summed E-state index contributed by atoms with van der Waals surface area (Å²) in [6.07, 6.45) is 0.655. The predicted octanol–water partition coefficient (Wildman–Crippen LogP) is 6.18. The summed E-state index contributed by atoms with van der Waals surface area (Å²) in [5.74, 6) is 1.43. The van der Waals surface area contributed by atoms with E-state index in [1.165, 1.54) is 6.07 Å². The van der Waals surface area contributed by atoms with Gasteiger partial charge in [-0.15, -0.1) is 0 Å². The summed E-state index contributed by atoms with van der Waals surface area (Å²) in [7, 11) is -4.97. The van der Waals surface area contributed by atoms with E-state index in [2.05, 4.69) is 42.5 Å². The van der Waals surface area contributed by atoms with E-state index in [0.29, 0.717) is 10.2 Å². The summed E-state index contributed by atoms with van der Waals surface area (Å²) in [6, 6.07) is 12.8. The van der Waals surface area contributed by atoms with Crippen LogP contribution in [0.5, 0.6) is 5.75 Å². The Bertz CT molecular complexity index is 827. The van der Waals surface area contributed by atoms with E-state index < -0.39 is 13.8 Å². The Balaban J connectivity index is 0.00000364. The van der Waals surface area contributed by atoms with Gasteiger partial charge in [-0.05, 0) is 51.3 Å². The van der Waals surface area contributed by atoms with Crippen LogP contribution in [0.25, 0.3) is 6.08 Å². The van der Waals surface area contributed by atoms with Crippen molar-refractivity contribution >= 4 is 116 Å². The number of thioether (sulfide) groups is 1. The molecule has 0 amide bonds. The van der Waals surface area contributed by atoms with Gasteiger partial charge in [0.2, 0.25) is 0 Å². The molecule has 0 spiro atoms. The van der Waals surface area contributed by atoms with Gasteiger partial charge >= 0.3 is 13.8 Å². The van der Waals surface area contributed by atoms with Gasteiger partial charge in [-0.3, -0.25) is 0 Å². The minimum absolute atomic E-state index is 0. The van der Waals surface area contributed by atoms with Crippen molar-refractivity contribution in [3.8, 4) is 5.75 Å². The van der Waals surface area contributed by atoms with Crippen molar-refractivity contribution < 1.29 is 22.8 Å². The number of alkyl halides is 2. The molecule has 0 saturated heterocycles. The van der Waals surface area contributed by atoms with Crippen LogP contribution in [0, 0.1) is 0 Å². The van der Waals surface area contributed by atoms with Crippen LogP contribution in [-0.4, -0.2) is 75.9 Å². The summed E-state index contributed by atoms with van der Waals surface area (Å²) in [4.78, 5) is 9.10. The first-order valence-corrected chi connectivity index (χ1v) is 11.7. The van der Waals surface area contributed by atoms with Crippen LogP contribution in [0.1, 0.15) is 11.1 Å². The third kappa shape index (κ3) is 10.1. The average Bonchev–Trinajstić information content (AvgIpc) is 2.58. The van der Waals surface area contributed by atoms with Crippen LogP contribution in [0.3, 0.4) is 0 Å². The summed E-state index contributed by atoms with van der Waals surface area (Å²) in [6.45, 7) is 0. The Morgan fingerprint density at radius 1 is 1.14 bits per heavy atom. The fourth-order valence-electron chi connectivity index (χ4n) is 1.89. The second-order valence-corrected chi connectivity index (χ2v) is 9.67. The number of rotatable bonds is 8. The van der Waals surface area contributed by atoms with E-state index in [0.717, 1.165) is 21.4 Å². The van der Waals surface area contributed by atoms with Gasteiger partial charge in [0, 0.05) is 75.1 Å². The van der Waals surface area contributed by atoms with Crippen molar-refractivity contribution in [3.63, 3.8) is 0 Å². The van der Waals surface area contributed by atoms with Crippen molar-refractivity contribution in [2.45, 2.75) is 11.9 Å². The Morgan fingerprint density at radius 3 is 2.36 bits per heavy atom. The Morgan fingerprint density at radius 2 is 1.79 bits per heavy atom. The molecule has 0 saturated carbocycles. The van der Waals surface area contributed by atoms with Gasteiger partial charge in [-0.2, -0.15) is 20.5 Å². The van der Waals surface area contributed by atoms with Crippen molar-refractivity contribution in [2.75, 3.05) is 5.75 Å². The smallest absolute Gasteiger partial charge is 0.420 e. The van der Waals surface area contributed by atoms with Crippen molar-refractivity contribution in [1.29, 1.82) is 0 Å². The molecule has 0 aliphatic heterocycles. The molecule has 0 fully saturated rings. The molecule has 1 atom stereocenters. The molecular weight excluding hydrogens is 559 g/mol. The quantitative estimate of drug-likeness (QED) is 0.233. The second-order valence-electron chi connectivity index (χ2n) is 5.17. The van der Waals surface area contributed by atoms with Gasteiger partial charge in [0.15, 0.2) is 0 Å². The Labute approximate surface area is 228 Å².